The van der Waals surface area contributed by atoms with E-state index in [-0.39, 0.29) is 39.0 Å². The van der Waals surface area contributed by atoms with Gasteiger partial charge in [0.25, 0.3) is 0 Å². The SMILES string of the molecule is O=C([O-])[O-].O=S(=O)([O-])[O-].[S]=[Zn].[Zn+2].[Zn+2]. The molecule has 0 aromatic heterocycles. The zero-order valence-electron chi connectivity index (χ0n) is 6.30. The van der Waals surface area contributed by atoms with Crippen LogP contribution in [0.2, 0.25) is 0 Å². The van der Waals surface area contributed by atoms with Gasteiger partial charge in [-0.3, -0.25) is 8.42 Å². The average molecular weight is 384 g/mol. The van der Waals surface area contributed by atoms with Crippen molar-refractivity contribution in [3.63, 3.8) is 0 Å². The normalized spacial score (nSPS) is 6.77. The second-order valence-electron chi connectivity index (χ2n) is 0.658. The third-order valence-corrected chi connectivity index (χ3v) is 0. The maximum absolute atomic E-state index is 8.52. The van der Waals surface area contributed by atoms with E-state index < -0.39 is 16.6 Å². The number of carbonyl (C=O) groups excluding carboxylic acids is 1. The van der Waals surface area contributed by atoms with Gasteiger partial charge in [0.1, 0.15) is 0 Å². The molecule has 13 heavy (non-hydrogen) atoms. The Morgan fingerprint density at radius 2 is 1.08 bits per heavy atom. The molecule has 0 aliphatic heterocycles. The zero-order valence-corrected chi connectivity index (χ0v) is 16.8. The van der Waals surface area contributed by atoms with Gasteiger partial charge in [-0.1, -0.05) is 0 Å². The van der Waals surface area contributed by atoms with Crippen LogP contribution >= 0.6 is 10.1 Å². The first-order valence-electron chi connectivity index (χ1n) is 1.57. The van der Waals surface area contributed by atoms with Crippen molar-refractivity contribution in [3.8, 4) is 0 Å². The third-order valence-electron chi connectivity index (χ3n) is 0. The fourth-order valence-corrected chi connectivity index (χ4v) is 0. The van der Waals surface area contributed by atoms with E-state index in [0.717, 1.165) is 16.6 Å². The molecule has 12 heteroatoms. The first-order valence-corrected chi connectivity index (χ1v) is 7.11. The summed E-state index contributed by atoms with van der Waals surface area (Å²) in [6, 6.07) is 0. The second-order valence-corrected chi connectivity index (χ2v) is 1.47. The Hall–Kier alpha value is 1.23. The van der Waals surface area contributed by atoms with Crippen LogP contribution in [0.1, 0.15) is 0 Å². The minimum absolute atomic E-state index is 0. The predicted molar refractivity (Wildman–Crippen MR) is 23.5 cm³/mol. The van der Waals surface area contributed by atoms with Crippen LogP contribution in [-0.4, -0.2) is 23.7 Å². The smallest absolute Gasteiger partial charge is 2.00 e. The Labute approximate surface area is 114 Å². The molecule has 0 aromatic rings. The first kappa shape index (κ1) is 29.2. The minimum Gasteiger partial charge on any atom is 2.00 e. The van der Waals surface area contributed by atoms with E-state index in [1.807, 2.05) is 0 Å². The van der Waals surface area contributed by atoms with Gasteiger partial charge in [0, 0.05) is 10.4 Å². The van der Waals surface area contributed by atoms with Gasteiger partial charge in [0.2, 0.25) is 0 Å². The summed E-state index contributed by atoms with van der Waals surface area (Å²) in [6.45, 7) is 0. The summed E-state index contributed by atoms with van der Waals surface area (Å²) in [5, 5.41) is 16.7. The van der Waals surface area contributed by atoms with Gasteiger partial charge >= 0.3 is 65.6 Å². The molecule has 0 spiro atoms. The van der Waals surface area contributed by atoms with Crippen molar-refractivity contribution in [2.24, 2.45) is 0 Å². The minimum atomic E-state index is -5.17. The van der Waals surface area contributed by atoms with E-state index >= 15 is 0 Å². The molecule has 64 valence electrons. The maximum atomic E-state index is 8.52. The molecule has 0 amide bonds. The fourth-order valence-electron chi connectivity index (χ4n) is 0. The molecule has 0 aliphatic carbocycles. The van der Waals surface area contributed by atoms with Crippen LogP contribution in [0.3, 0.4) is 0 Å². The standard InChI is InChI=1S/CH2O3.H2O4S.S.3Zn/c2-1(3)4;1-5(2,3)4;;;;/h(H2,2,3,4);(H2,1,2,3,4);;;;/q;;;;2*+2/p-4. The Morgan fingerprint density at radius 3 is 1.08 bits per heavy atom. The number of hydrogen-bond acceptors (Lipinski definition) is 8. The Balaban J connectivity index is -0.0000000246. The first-order chi connectivity index (χ1) is 4.73. The molecular weight excluding hydrogens is 384 g/mol. The molecule has 0 N–H and O–H groups in total. The van der Waals surface area contributed by atoms with Crippen LogP contribution in [-0.2, 0) is 65.9 Å². The average Bonchev–Trinajstić information content (AvgIpc) is 1.63. The molecule has 0 unspecified atom stereocenters. The van der Waals surface area contributed by atoms with E-state index in [0.29, 0.717) is 0 Å². The summed E-state index contributed by atoms with van der Waals surface area (Å²) >= 11 is 0.958. The van der Waals surface area contributed by atoms with Gasteiger partial charge in [0.05, 0.1) is 0 Å². The number of carbonyl (C=O) groups is 1. The van der Waals surface area contributed by atoms with Crippen LogP contribution < -0.4 is 10.2 Å². The summed E-state index contributed by atoms with van der Waals surface area (Å²) in [4.78, 5) is 8.33. The monoisotopic (exact) mass is 380 g/mol. The van der Waals surface area contributed by atoms with Crippen molar-refractivity contribution in [2.75, 3.05) is 0 Å². The third kappa shape index (κ3) is 1100. The van der Waals surface area contributed by atoms with Crippen molar-refractivity contribution in [2.45, 2.75) is 0 Å². The molecule has 0 rings (SSSR count). The summed E-state index contributed by atoms with van der Waals surface area (Å²) in [6.07, 6.45) is -2.33. The van der Waals surface area contributed by atoms with Crippen LogP contribution in [0.5, 0.6) is 0 Å². The number of carboxylic acid groups (broad SMARTS) is 2. The van der Waals surface area contributed by atoms with Crippen molar-refractivity contribution in [1.29, 1.82) is 0 Å². The van der Waals surface area contributed by atoms with Crippen molar-refractivity contribution in [1.82, 2.24) is 0 Å². The Kier molecular flexibility index (Phi) is 42.5. The quantitative estimate of drug-likeness (QED) is 0.242. The largest absolute Gasteiger partial charge is 2.00 e. The molecule has 0 fully saturated rings. The maximum Gasteiger partial charge on any atom is 2.00 e. The summed E-state index contributed by atoms with van der Waals surface area (Å²) in [7, 11) is -0.958. The van der Waals surface area contributed by atoms with Crippen molar-refractivity contribution < 1.29 is 88.0 Å². The summed E-state index contributed by atoms with van der Waals surface area (Å²) in [5.41, 5.74) is 0. The zero-order chi connectivity index (χ0) is 10.1. The Morgan fingerprint density at radius 1 is 1.08 bits per heavy atom. The van der Waals surface area contributed by atoms with Gasteiger partial charge in [0.15, 0.2) is 0 Å². The van der Waals surface area contributed by atoms with Crippen LogP contribution in [0.25, 0.3) is 0 Å². The molecule has 0 bridgehead atoms. The molecule has 0 heterocycles. The van der Waals surface area contributed by atoms with Gasteiger partial charge in [-0.05, 0) is 6.16 Å². The van der Waals surface area contributed by atoms with Crippen LogP contribution in [0.15, 0.2) is 0 Å². The molecule has 0 aromatic carbocycles. The topological polar surface area (TPSA) is 143 Å². The van der Waals surface area contributed by atoms with Gasteiger partial charge in [-0.2, -0.15) is 0 Å². The fraction of sp³-hybridized carbons (Fsp3) is 0. The van der Waals surface area contributed by atoms with E-state index in [2.05, 4.69) is 10.1 Å². The molecule has 7 nitrogen and oxygen atoms in total. The summed E-state index contributed by atoms with van der Waals surface area (Å²) < 4.78 is 34.1. The van der Waals surface area contributed by atoms with Gasteiger partial charge in [-0.25, -0.2) is 0 Å². The molecule has 0 saturated carbocycles. The molecular formula is CO7S2Zn3. The van der Waals surface area contributed by atoms with Crippen LogP contribution in [0, 0.1) is 0 Å². The molecule has 0 radical (unpaired) electrons. The van der Waals surface area contributed by atoms with E-state index in [1.165, 1.54) is 0 Å². The van der Waals surface area contributed by atoms with Gasteiger partial charge in [-0.15, -0.1) is 0 Å². The number of hydrogen-bond donors (Lipinski definition) is 0. The predicted octanol–water partition coefficient (Wildman–Crippen LogP) is -3.14. The van der Waals surface area contributed by atoms with Crippen molar-refractivity contribution in [3.05, 3.63) is 0 Å². The number of rotatable bonds is 0. The Bertz CT molecular complexity index is 176. The van der Waals surface area contributed by atoms with Crippen molar-refractivity contribution >= 4 is 26.7 Å². The van der Waals surface area contributed by atoms with E-state index in [4.69, 9.17) is 32.5 Å². The second kappa shape index (κ2) is 18.9. The van der Waals surface area contributed by atoms with E-state index in [1.54, 1.807) is 0 Å². The molecule has 0 aliphatic rings. The van der Waals surface area contributed by atoms with E-state index in [9.17, 15) is 0 Å². The molecule has 0 saturated heterocycles. The van der Waals surface area contributed by atoms with Crippen LogP contribution in [0.4, 0.5) is 4.79 Å². The summed E-state index contributed by atoms with van der Waals surface area (Å²) in [5.74, 6) is 0. The van der Waals surface area contributed by atoms with Gasteiger partial charge < -0.3 is 24.1 Å². The molecule has 0 atom stereocenters.